The summed E-state index contributed by atoms with van der Waals surface area (Å²) in [6, 6.07) is 3.27. The molecule has 1 aromatic heterocycles. The van der Waals surface area contributed by atoms with Gasteiger partial charge in [-0.25, -0.2) is 4.79 Å². The summed E-state index contributed by atoms with van der Waals surface area (Å²) in [4.78, 5) is 13.5. The number of benzene rings is 1. The average Bonchev–Trinajstić information content (AvgIpc) is 2.64. The molecule has 17 heavy (non-hydrogen) atoms. The molecule has 0 radical (unpaired) electrons. The minimum atomic E-state index is -0.509. The Morgan fingerprint density at radius 2 is 2.35 bits per heavy atom. The lowest BCUT2D eigenvalue weighted by Gasteiger charge is -2.12. The molecule has 5 N–H and O–H groups in total. The van der Waals surface area contributed by atoms with Crippen LogP contribution >= 0.6 is 0 Å². The van der Waals surface area contributed by atoms with E-state index >= 15 is 0 Å². The number of aliphatic hydroxyl groups excluding tert-OH is 1. The fraction of sp³-hybridized carbons (Fsp3) is 0.364. The van der Waals surface area contributed by atoms with Crippen molar-refractivity contribution in [2.75, 3.05) is 17.6 Å². The molecule has 0 saturated carbocycles. The Labute approximate surface area is 97.4 Å². The summed E-state index contributed by atoms with van der Waals surface area (Å²) < 4.78 is 4.88. The summed E-state index contributed by atoms with van der Waals surface area (Å²) in [5, 5.41) is 12.5. The van der Waals surface area contributed by atoms with Crippen LogP contribution in [0.1, 0.15) is 13.3 Å². The SMILES string of the molecule is CCC(O)CNc1cc2[nH]c(=O)oc2cc1N. The minimum absolute atomic E-state index is 0.411. The molecule has 2 rings (SSSR count). The van der Waals surface area contributed by atoms with Crippen LogP contribution in [0, 0.1) is 0 Å². The van der Waals surface area contributed by atoms with E-state index in [9.17, 15) is 9.90 Å². The molecule has 0 aliphatic heterocycles. The highest BCUT2D eigenvalue weighted by atomic mass is 16.4. The van der Waals surface area contributed by atoms with Crippen LogP contribution in [0.15, 0.2) is 21.3 Å². The predicted octanol–water partition coefficient (Wildman–Crippen LogP) is 0.886. The van der Waals surface area contributed by atoms with Crippen LogP contribution in [-0.2, 0) is 0 Å². The monoisotopic (exact) mass is 237 g/mol. The summed E-state index contributed by atoms with van der Waals surface area (Å²) in [7, 11) is 0. The van der Waals surface area contributed by atoms with Crippen LogP contribution in [-0.4, -0.2) is 22.7 Å². The first-order valence-corrected chi connectivity index (χ1v) is 5.44. The van der Waals surface area contributed by atoms with Crippen molar-refractivity contribution in [1.29, 1.82) is 0 Å². The second kappa shape index (κ2) is 4.50. The van der Waals surface area contributed by atoms with Gasteiger partial charge < -0.3 is 20.6 Å². The maximum absolute atomic E-state index is 11.0. The Hall–Kier alpha value is -1.95. The largest absolute Gasteiger partial charge is 0.417 e. The number of H-pyrrole nitrogens is 1. The van der Waals surface area contributed by atoms with Crippen molar-refractivity contribution in [1.82, 2.24) is 4.98 Å². The van der Waals surface area contributed by atoms with Gasteiger partial charge in [0.1, 0.15) is 0 Å². The van der Waals surface area contributed by atoms with Crippen molar-refractivity contribution in [3.63, 3.8) is 0 Å². The van der Waals surface area contributed by atoms with Gasteiger partial charge in [0.2, 0.25) is 0 Å². The number of aliphatic hydroxyl groups is 1. The van der Waals surface area contributed by atoms with Crippen molar-refractivity contribution >= 4 is 22.5 Å². The first kappa shape index (κ1) is 11.5. The van der Waals surface area contributed by atoms with Crippen LogP contribution in [0.5, 0.6) is 0 Å². The minimum Gasteiger partial charge on any atom is -0.408 e. The molecular weight excluding hydrogens is 222 g/mol. The Kier molecular flexibility index (Phi) is 3.06. The lowest BCUT2D eigenvalue weighted by atomic mass is 10.2. The van der Waals surface area contributed by atoms with Gasteiger partial charge in [-0.05, 0) is 12.5 Å². The number of nitrogens with one attached hydrogen (secondary N) is 2. The lowest BCUT2D eigenvalue weighted by Crippen LogP contribution is -2.18. The van der Waals surface area contributed by atoms with E-state index in [0.717, 1.165) is 0 Å². The first-order valence-electron chi connectivity index (χ1n) is 5.44. The molecule has 1 atom stereocenters. The van der Waals surface area contributed by atoms with Gasteiger partial charge in [-0.15, -0.1) is 0 Å². The van der Waals surface area contributed by atoms with E-state index in [2.05, 4.69) is 10.3 Å². The van der Waals surface area contributed by atoms with Gasteiger partial charge in [0.15, 0.2) is 5.58 Å². The number of hydrogen-bond donors (Lipinski definition) is 4. The molecule has 2 aromatic rings. The maximum atomic E-state index is 11.0. The van der Waals surface area contributed by atoms with E-state index in [1.165, 1.54) is 0 Å². The Morgan fingerprint density at radius 3 is 3.06 bits per heavy atom. The maximum Gasteiger partial charge on any atom is 0.417 e. The number of nitrogen functional groups attached to an aromatic ring is 1. The fourth-order valence-electron chi connectivity index (χ4n) is 1.54. The predicted molar refractivity (Wildman–Crippen MR) is 66.0 cm³/mol. The van der Waals surface area contributed by atoms with E-state index in [0.29, 0.717) is 35.4 Å². The number of aromatic amines is 1. The van der Waals surface area contributed by atoms with Gasteiger partial charge in [0.25, 0.3) is 0 Å². The Balaban J connectivity index is 2.27. The third-order valence-electron chi connectivity index (χ3n) is 2.59. The standard InChI is InChI=1S/C11H15N3O3/c1-2-6(15)5-13-8-4-9-10(3-7(8)12)17-11(16)14-9/h3-4,6,13,15H,2,5,12H2,1H3,(H,14,16). The number of rotatable bonds is 4. The second-order valence-electron chi connectivity index (χ2n) is 3.89. The van der Waals surface area contributed by atoms with Crippen molar-refractivity contribution in [3.8, 4) is 0 Å². The summed E-state index contributed by atoms with van der Waals surface area (Å²) >= 11 is 0. The molecule has 6 nitrogen and oxygen atoms in total. The van der Waals surface area contributed by atoms with Gasteiger partial charge in [0, 0.05) is 12.6 Å². The van der Waals surface area contributed by atoms with Crippen LogP contribution in [0.4, 0.5) is 11.4 Å². The van der Waals surface area contributed by atoms with E-state index in [1.807, 2.05) is 6.92 Å². The lowest BCUT2D eigenvalue weighted by molar-refractivity contribution is 0.183. The van der Waals surface area contributed by atoms with Gasteiger partial charge in [-0.2, -0.15) is 0 Å². The number of hydrogen-bond acceptors (Lipinski definition) is 5. The van der Waals surface area contributed by atoms with Crippen molar-refractivity contribution in [2.24, 2.45) is 0 Å². The Morgan fingerprint density at radius 1 is 1.59 bits per heavy atom. The summed E-state index contributed by atoms with van der Waals surface area (Å²) in [5.41, 5.74) is 7.95. The Bertz CT molecular complexity index is 573. The van der Waals surface area contributed by atoms with Crippen molar-refractivity contribution < 1.29 is 9.52 Å². The topological polar surface area (TPSA) is 104 Å². The molecule has 0 aliphatic rings. The highest BCUT2D eigenvalue weighted by Gasteiger charge is 2.07. The van der Waals surface area contributed by atoms with Gasteiger partial charge in [0.05, 0.1) is 23.0 Å². The van der Waals surface area contributed by atoms with Crippen LogP contribution in [0.25, 0.3) is 11.1 Å². The van der Waals surface area contributed by atoms with Gasteiger partial charge in [-0.1, -0.05) is 6.92 Å². The second-order valence-corrected chi connectivity index (χ2v) is 3.89. The van der Waals surface area contributed by atoms with Crippen molar-refractivity contribution in [3.05, 3.63) is 22.7 Å². The molecule has 0 aliphatic carbocycles. The van der Waals surface area contributed by atoms with E-state index < -0.39 is 11.9 Å². The molecular formula is C11H15N3O3. The molecule has 0 saturated heterocycles. The highest BCUT2D eigenvalue weighted by molar-refractivity contribution is 5.85. The third-order valence-corrected chi connectivity index (χ3v) is 2.59. The summed E-state index contributed by atoms with van der Waals surface area (Å²) in [6.07, 6.45) is 0.242. The normalized spacial score (nSPS) is 12.8. The summed E-state index contributed by atoms with van der Waals surface area (Å²) in [6.45, 7) is 2.31. The van der Waals surface area contributed by atoms with E-state index in [1.54, 1.807) is 12.1 Å². The zero-order chi connectivity index (χ0) is 12.4. The zero-order valence-electron chi connectivity index (χ0n) is 9.49. The number of nitrogens with two attached hydrogens (primary N) is 1. The zero-order valence-corrected chi connectivity index (χ0v) is 9.49. The number of anilines is 2. The number of fused-ring (bicyclic) bond motifs is 1. The molecule has 1 aromatic carbocycles. The van der Waals surface area contributed by atoms with Crippen LogP contribution in [0.2, 0.25) is 0 Å². The molecule has 0 fully saturated rings. The molecule has 6 heteroatoms. The molecule has 0 spiro atoms. The highest BCUT2D eigenvalue weighted by Crippen LogP contribution is 2.24. The third kappa shape index (κ3) is 2.42. The summed E-state index contributed by atoms with van der Waals surface area (Å²) in [5.74, 6) is -0.509. The number of aromatic nitrogens is 1. The smallest absolute Gasteiger partial charge is 0.408 e. The van der Waals surface area contributed by atoms with Crippen LogP contribution in [0.3, 0.4) is 0 Å². The molecule has 1 unspecified atom stereocenters. The van der Waals surface area contributed by atoms with Crippen molar-refractivity contribution in [2.45, 2.75) is 19.4 Å². The molecule has 92 valence electrons. The fourth-order valence-corrected chi connectivity index (χ4v) is 1.54. The number of oxazole rings is 1. The van der Waals surface area contributed by atoms with Crippen LogP contribution < -0.4 is 16.8 Å². The molecule has 1 heterocycles. The first-order chi connectivity index (χ1) is 8.10. The van der Waals surface area contributed by atoms with Gasteiger partial charge in [-0.3, -0.25) is 4.98 Å². The quantitative estimate of drug-likeness (QED) is 0.591. The van der Waals surface area contributed by atoms with E-state index in [-0.39, 0.29) is 0 Å². The molecule has 0 bridgehead atoms. The van der Waals surface area contributed by atoms with E-state index in [4.69, 9.17) is 10.2 Å². The van der Waals surface area contributed by atoms with Gasteiger partial charge >= 0.3 is 5.76 Å². The molecule has 0 amide bonds. The average molecular weight is 237 g/mol.